The molecule has 0 aliphatic heterocycles. The Morgan fingerprint density at radius 2 is 1.86 bits per heavy atom. The number of para-hydroxylation sites is 1. The fourth-order valence-corrected chi connectivity index (χ4v) is 4.00. The second-order valence-electron chi connectivity index (χ2n) is 5.76. The maximum Gasteiger partial charge on any atom is 0.573 e. The molecule has 1 amide bonds. The van der Waals surface area contributed by atoms with E-state index in [2.05, 4.69) is 26.0 Å². The van der Waals surface area contributed by atoms with Crippen LogP contribution in [0.1, 0.15) is 5.56 Å². The maximum absolute atomic E-state index is 12.6. The number of hydrogen-bond acceptors (Lipinski definition) is 4. The van der Waals surface area contributed by atoms with Crippen LogP contribution in [0.25, 0.3) is 0 Å². The third-order valence-electron chi connectivity index (χ3n) is 3.59. The van der Waals surface area contributed by atoms with Gasteiger partial charge in [-0.05, 0) is 42.8 Å². The highest BCUT2D eigenvalue weighted by Gasteiger charge is 2.35. The second-order valence-corrected chi connectivity index (χ2v) is 8.69. The van der Waals surface area contributed by atoms with Gasteiger partial charge in [0.15, 0.2) is 0 Å². The first-order valence-corrected chi connectivity index (χ1v) is 10.0. The van der Waals surface area contributed by atoms with Crippen LogP contribution in [-0.2, 0) is 14.8 Å². The highest BCUT2D eigenvalue weighted by atomic mass is 79.9. The molecular weight excluding hydrogens is 465 g/mol. The Labute approximate surface area is 168 Å². The summed E-state index contributed by atoms with van der Waals surface area (Å²) >= 11 is 3.29. The van der Waals surface area contributed by atoms with Gasteiger partial charge in [-0.2, -0.15) is 4.31 Å². The van der Waals surface area contributed by atoms with Gasteiger partial charge >= 0.3 is 6.36 Å². The standard InChI is InChI=1S/C17H16BrF3N2O4S/c1-11-9-12(18)7-8-13(11)22-16(24)10-23(2)28(25,26)15-6-4-3-5-14(15)27-17(19,20)21/h3-9H,10H2,1-2H3,(H,22,24). The lowest BCUT2D eigenvalue weighted by Gasteiger charge is -2.19. The molecule has 0 fully saturated rings. The van der Waals surface area contributed by atoms with E-state index in [1.54, 1.807) is 25.1 Å². The minimum Gasteiger partial charge on any atom is -0.404 e. The van der Waals surface area contributed by atoms with Crippen LogP contribution in [0.3, 0.4) is 0 Å². The number of amides is 1. The molecule has 0 aliphatic carbocycles. The number of aryl methyl sites for hydroxylation is 1. The summed E-state index contributed by atoms with van der Waals surface area (Å²) in [6, 6.07) is 9.44. The van der Waals surface area contributed by atoms with E-state index >= 15 is 0 Å². The average molecular weight is 481 g/mol. The summed E-state index contributed by atoms with van der Waals surface area (Å²) in [5, 5.41) is 2.57. The number of anilines is 1. The third-order valence-corrected chi connectivity index (χ3v) is 5.93. The van der Waals surface area contributed by atoms with Crippen LogP contribution in [0.2, 0.25) is 0 Å². The molecule has 0 bridgehead atoms. The van der Waals surface area contributed by atoms with E-state index in [-0.39, 0.29) is 0 Å². The van der Waals surface area contributed by atoms with E-state index in [0.29, 0.717) is 9.99 Å². The molecule has 0 saturated heterocycles. The molecule has 6 nitrogen and oxygen atoms in total. The molecule has 0 aromatic heterocycles. The highest BCUT2D eigenvalue weighted by molar-refractivity contribution is 9.10. The Bertz CT molecular complexity index is 981. The zero-order valence-corrected chi connectivity index (χ0v) is 17.2. The molecule has 0 spiro atoms. The number of alkyl halides is 3. The monoisotopic (exact) mass is 480 g/mol. The number of likely N-dealkylation sites (N-methyl/N-ethyl adjacent to an activating group) is 1. The fourth-order valence-electron chi connectivity index (χ4n) is 2.28. The number of sulfonamides is 1. The van der Waals surface area contributed by atoms with Gasteiger partial charge in [0.1, 0.15) is 10.6 Å². The van der Waals surface area contributed by atoms with Gasteiger partial charge in [0, 0.05) is 17.2 Å². The van der Waals surface area contributed by atoms with E-state index in [0.717, 1.165) is 29.2 Å². The van der Waals surface area contributed by atoms with Gasteiger partial charge in [-0.3, -0.25) is 4.79 Å². The molecule has 0 saturated carbocycles. The Morgan fingerprint density at radius 3 is 2.46 bits per heavy atom. The van der Waals surface area contributed by atoms with Crippen molar-refractivity contribution in [3.05, 3.63) is 52.5 Å². The molecule has 28 heavy (non-hydrogen) atoms. The van der Waals surface area contributed by atoms with Crippen molar-refractivity contribution in [3.63, 3.8) is 0 Å². The van der Waals surface area contributed by atoms with Gasteiger partial charge in [-0.15, -0.1) is 13.2 Å². The topological polar surface area (TPSA) is 75.7 Å². The average Bonchev–Trinajstić information content (AvgIpc) is 2.56. The summed E-state index contributed by atoms with van der Waals surface area (Å²) < 4.78 is 68.1. The van der Waals surface area contributed by atoms with Crippen LogP contribution < -0.4 is 10.1 Å². The minimum atomic E-state index is -5.05. The first-order valence-electron chi connectivity index (χ1n) is 7.77. The maximum atomic E-state index is 12.6. The van der Waals surface area contributed by atoms with Crippen LogP contribution in [0.4, 0.5) is 18.9 Å². The van der Waals surface area contributed by atoms with Crippen molar-refractivity contribution in [3.8, 4) is 5.75 Å². The number of hydrogen-bond donors (Lipinski definition) is 1. The first kappa shape index (κ1) is 22.2. The number of benzene rings is 2. The number of halogens is 4. The molecule has 2 aromatic rings. The van der Waals surface area contributed by atoms with E-state index in [1.807, 2.05) is 0 Å². The molecule has 11 heteroatoms. The van der Waals surface area contributed by atoms with Crippen molar-refractivity contribution in [2.24, 2.45) is 0 Å². The Morgan fingerprint density at radius 1 is 1.21 bits per heavy atom. The Kier molecular flexibility index (Phi) is 6.73. The smallest absolute Gasteiger partial charge is 0.404 e. The molecule has 1 N–H and O–H groups in total. The number of carbonyl (C=O) groups is 1. The molecule has 2 aromatic carbocycles. The van der Waals surface area contributed by atoms with E-state index < -0.39 is 39.5 Å². The lowest BCUT2D eigenvalue weighted by Crippen LogP contribution is -2.35. The number of ether oxygens (including phenoxy) is 1. The SMILES string of the molecule is Cc1cc(Br)ccc1NC(=O)CN(C)S(=O)(=O)c1ccccc1OC(F)(F)F. The summed E-state index contributed by atoms with van der Waals surface area (Å²) in [5.74, 6) is -1.52. The van der Waals surface area contributed by atoms with Crippen LogP contribution in [-0.4, -0.2) is 38.6 Å². The van der Waals surface area contributed by atoms with Gasteiger partial charge < -0.3 is 10.1 Å². The summed E-state index contributed by atoms with van der Waals surface area (Å²) in [7, 11) is -3.32. The minimum absolute atomic E-state index is 0.486. The Balaban J connectivity index is 2.19. The van der Waals surface area contributed by atoms with E-state index in [9.17, 15) is 26.4 Å². The molecular formula is C17H16BrF3N2O4S. The van der Waals surface area contributed by atoms with Gasteiger partial charge in [0.05, 0.1) is 6.54 Å². The molecule has 0 unspecified atom stereocenters. The van der Waals surface area contributed by atoms with Crippen molar-refractivity contribution in [1.82, 2.24) is 4.31 Å². The van der Waals surface area contributed by atoms with Crippen LogP contribution in [0.15, 0.2) is 51.8 Å². The second kappa shape index (κ2) is 8.50. The summed E-state index contributed by atoms with van der Waals surface area (Å²) in [4.78, 5) is 11.5. The number of carbonyl (C=O) groups excluding carboxylic acids is 1. The number of nitrogens with one attached hydrogen (secondary N) is 1. The van der Waals surface area contributed by atoms with Crippen molar-refractivity contribution < 1.29 is 31.1 Å². The van der Waals surface area contributed by atoms with Gasteiger partial charge in [0.25, 0.3) is 0 Å². The predicted octanol–water partition coefficient (Wildman–Crippen LogP) is 3.92. The fraction of sp³-hybridized carbons (Fsp3) is 0.235. The predicted molar refractivity (Wildman–Crippen MR) is 100 cm³/mol. The zero-order valence-electron chi connectivity index (χ0n) is 14.7. The molecule has 0 heterocycles. The number of nitrogens with zero attached hydrogens (tertiary/aromatic N) is 1. The lowest BCUT2D eigenvalue weighted by atomic mass is 10.2. The van der Waals surface area contributed by atoms with Crippen molar-refractivity contribution in [2.75, 3.05) is 18.9 Å². The van der Waals surface area contributed by atoms with Gasteiger partial charge in [0.2, 0.25) is 15.9 Å². The lowest BCUT2D eigenvalue weighted by molar-refractivity contribution is -0.275. The normalized spacial score (nSPS) is 12.1. The molecule has 0 radical (unpaired) electrons. The largest absolute Gasteiger partial charge is 0.573 e. The summed E-state index contributed by atoms with van der Waals surface area (Å²) in [5.41, 5.74) is 1.23. The Hall–Kier alpha value is -2.11. The van der Waals surface area contributed by atoms with Crippen molar-refractivity contribution in [1.29, 1.82) is 0 Å². The van der Waals surface area contributed by atoms with Crippen LogP contribution in [0.5, 0.6) is 5.75 Å². The van der Waals surface area contributed by atoms with E-state index in [1.165, 1.54) is 12.1 Å². The molecule has 0 aliphatic rings. The first-order chi connectivity index (χ1) is 12.9. The third kappa shape index (κ3) is 5.69. The molecule has 0 atom stereocenters. The van der Waals surface area contributed by atoms with Gasteiger partial charge in [-0.1, -0.05) is 28.1 Å². The van der Waals surface area contributed by atoms with Crippen LogP contribution in [0, 0.1) is 6.92 Å². The zero-order chi connectivity index (χ0) is 21.1. The summed E-state index contributed by atoms with van der Waals surface area (Å²) in [6.45, 7) is 1.16. The van der Waals surface area contributed by atoms with Crippen LogP contribution >= 0.6 is 15.9 Å². The van der Waals surface area contributed by atoms with Crippen molar-refractivity contribution in [2.45, 2.75) is 18.2 Å². The highest BCUT2D eigenvalue weighted by Crippen LogP contribution is 2.30. The molecule has 152 valence electrons. The number of rotatable bonds is 6. The summed E-state index contributed by atoms with van der Waals surface area (Å²) in [6.07, 6.45) is -5.05. The van der Waals surface area contributed by atoms with Gasteiger partial charge in [-0.25, -0.2) is 8.42 Å². The van der Waals surface area contributed by atoms with Crippen molar-refractivity contribution >= 4 is 37.5 Å². The molecule has 2 rings (SSSR count). The quantitative estimate of drug-likeness (QED) is 0.679. The van der Waals surface area contributed by atoms with E-state index in [4.69, 9.17) is 0 Å².